The SMILES string of the molecule is COc1cccc(NC(=O)c2sc(NCc3ccccc3)nc2C)c1. The number of carbonyl (C=O) groups is 1. The minimum Gasteiger partial charge on any atom is -0.497 e. The first-order valence-electron chi connectivity index (χ1n) is 7.86. The van der Waals surface area contributed by atoms with E-state index >= 15 is 0 Å². The number of carbonyl (C=O) groups excluding carboxylic acids is 1. The molecule has 0 aliphatic rings. The number of anilines is 2. The average molecular weight is 353 g/mol. The maximum Gasteiger partial charge on any atom is 0.267 e. The number of amides is 1. The Balaban J connectivity index is 1.67. The van der Waals surface area contributed by atoms with Gasteiger partial charge in [0.25, 0.3) is 5.91 Å². The van der Waals surface area contributed by atoms with Crippen molar-refractivity contribution in [3.63, 3.8) is 0 Å². The Morgan fingerprint density at radius 3 is 2.72 bits per heavy atom. The van der Waals surface area contributed by atoms with Gasteiger partial charge in [-0.3, -0.25) is 4.79 Å². The van der Waals surface area contributed by atoms with Crippen molar-refractivity contribution in [1.82, 2.24) is 4.98 Å². The lowest BCUT2D eigenvalue weighted by Crippen LogP contribution is -2.11. The van der Waals surface area contributed by atoms with Gasteiger partial charge in [-0.25, -0.2) is 4.98 Å². The predicted octanol–water partition coefficient (Wildman–Crippen LogP) is 4.32. The topological polar surface area (TPSA) is 63.2 Å². The van der Waals surface area contributed by atoms with Gasteiger partial charge in [0.1, 0.15) is 10.6 Å². The van der Waals surface area contributed by atoms with Crippen molar-refractivity contribution in [2.45, 2.75) is 13.5 Å². The molecule has 128 valence electrons. The zero-order valence-electron chi connectivity index (χ0n) is 14.1. The Morgan fingerprint density at radius 2 is 1.96 bits per heavy atom. The van der Waals surface area contributed by atoms with Gasteiger partial charge in [-0.15, -0.1) is 0 Å². The van der Waals surface area contributed by atoms with E-state index in [-0.39, 0.29) is 5.91 Å². The van der Waals surface area contributed by atoms with Crippen molar-refractivity contribution in [2.24, 2.45) is 0 Å². The van der Waals surface area contributed by atoms with Crippen LogP contribution in [0.25, 0.3) is 0 Å². The molecule has 25 heavy (non-hydrogen) atoms. The van der Waals surface area contributed by atoms with Crippen LogP contribution >= 0.6 is 11.3 Å². The fourth-order valence-corrected chi connectivity index (χ4v) is 3.20. The summed E-state index contributed by atoms with van der Waals surface area (Å²) in [5, 5.41) is 6.88. The highest BCUT2D eigenvalue weighted by atomic mass is 32.1. The van der Waals surface area contributed by atoms with Gasteiger partial charge in [0, 0.05) is 18.3 Å². The van der Waals surface area contributed by atoms with Gasteiger partial charge in [0.05, 0.1) is 12.8 Å². The van der Waals surface area contributed by atoms with Crippen LogP contribution in [0.1, 0.15) is 20.9 Å². The summed E-state index contributed by atoms with van der Waals surface area (Å²) >= 11 is 1.35. The Kier molecular flexibility index (Phi) is 5.30. The third-order valence-electron chi connectivity index (χ3n) is 3.62. The normalized spacial score (nSPS) is 10.3. The summed E-state index contributed by atoms with van der Waals surface area (Å²) in [5.41, 5.74) is 2.56. The van der Waals surface area contributed by atoms with E-state index in [4.69, 9.17) is 4.74 Å². The molecule has 0 radical (unpaired) electrons. The number of nitrogens with one attached hydrogen (secondary N) is 2. The Morgan fingerprint density at radius 1 is 1.16 bits per heavy atom. The highest BCUT2D eigenvalue weighted by molar-refractivity contribution is 7.17. The van der Waals surface area contributed by atoms with E-state index in [1.54, 1.807) is 13.2 Å². The average Bonchev–Trinajstić information content (AvgIpc) is 3.02. The summed E-state index contributed by atoms with van der Waals surface area (Å²) in [6.45, 7) is 2.51. The zero-order valence-corrected chi connectivity index (χ0v) is 14.9. The molecule has 0 bridgehead atoms. The largest absolute Gasteiger partial charge is 0.497 e. The van der Waals surface area contributed by atoms with Crippen LogP contribution in [0.4, 0.5) is 10.8 Å². The van der Waals surface area contributed by atoms with Crippen LogP contribution in [0.2, 0.25) is 0 Å². The maximum absolute atomic E-state index is 12.5. The third-order valence-corrected chi connectivity index (χ3v) is 4.73. The van der Waals surface area contributed by atoms with E-state index in [1.165, 1.54) is 11.3 Å². The molecule has 3 aromatic rings. The second-order valence-electron chi connectivity index (χ2n) is 5.46. The first kappa shape index (κ1) is 17.0. The number of nitrogens with zero attached hydrogens (tertiary/aromatic N) is 1. The molecule has 0 fully saturated rings. The molecule has 0 spiro atoms. The quantitative estimate of drug-likeness (QED) is 0.692. The molecule has 1 heterocycles. The van der Waals surface area contributed by atoms with Gasteiger partial charge in [0.15, 0.2) is 5.13 Å². The molecule has 1 aromatic heterocycles. The molecule has 6 heteroatoms. The molecule has 0 atom stereocenters. The predicted molar refractivity (Wildman–Crippen MR) is 102 cm³/mol. The maximum atomic E-state index is 12.5. The third kappa shape index (κ3) is 4.36. The summed E-state index contributed by atoms with van der Waals surface area (Å²) in [6, 6.07) is 17.3. The number of aryl methyl sites for hydroxylation is 1. The van der Waals surface area contributed by atoms with Crippen LogP contribution in [-0.2, 0) is 6.54 Å². The van der Waals surface area contributed by atoms with Gasteiger partial charge >= 0.3 is 0 Å². The van der Waals surface area contributed by atoms with E-state index in [0.29, 0.717) is 28.6 Å². The van der Waals surface area contributed by atoms with E-state index < -0.39 is 0 Å². The number of methoxy groups -OCH3 is 1. The molecule has 0 unspecified atom stereocenters. The molecule has 0 aliphatic heterocycles. The lowest BCUT2D eigenvalue weighted by Gasteiger charge is -2.06. The molecule has 1 amide bonds. The number of rotatable bonds is 6. The summed E-state index contributed by atoms with van der Waals surface area (Å²) in [7, 11) is 1.60. The van der Waals surface area contributed by atoms with E-state index in [2.05, 4.69) is 15.6 Å². The van der Waals surface area contributed by atoms with Gasteiger partial charge in [-0.2, -0.15) is 0 Å². The summed E-state index contributed by atoms with van der Waals surface area (Å²) in [5.74, 6) is 0.528. The first-order chi connectivity index (χ1) is 12.2. The second-order valence-corrected chi connectivity index (χ2v) is 6.46. The van der Waals surface area contributed by atoms with Crippen molar-refractivity contribution in [3.8, 4) is 5.75 Å². The van der Waals surface area contributed by atoms with Crippen LogP contribution in [0, 0.1) is 6.92 Å². The van der Waals surface area contributed by atoms with Gasteiger partial charge in [-0.05, 0) is 24.6 Å². The molecular formula is C19H19N3O2S. The van der Waals surface area contributed by atoms with Crippen LogP contribution in [0.15, 0.2) is 54.6 Å². The molecule has 0 saturated carbocycles. The van der Waals surface area contributed by atoms with Gasteiger partial charge in [-0.1, -0.05) is 47.7 Å². The summed E-state index contributed by atoms with van der Waals surface area (Å²) < 4.78 is 5.17. The molecule has 0 saturated heterocycles. The summed E-state index contributed by atoms with van der Waals surface area (Å²) in [6.07, 6.45) is 0. The van der Waals surface area contributed by atoms with Crippen LogP contribution < -0.4 is 15.4 Å². The van der Waals surface area contributed by atoms with Crippen molar-refractivity contribution in [2.75, 3.05) is 17.7 Å². The number of benzene rings is 2. The molecule has 3 rings (SSSR count). The Hall–Kier alpha value is -2.86. The summed E-state index contributed by atoms with van der Waals surface area (Å²) in [4.78, 5) is 17.6. The number of ether oxygens (including phenoxy) is 1. The number of hydrogen-bond donors (Lipinski definition) is 2. The smallest absolute Gasteiger partial charge is 0.267 e. The fraction of sp³-hybridized carbons (Fsp3) is 0.158. The van der Waals surface area contributed by atoms with Crippen molar-refractivity contribution in [1.29, 1.82) is 0 Å². The monoisotopic (exact) mass is 353 g/mol. The highest BCUT2D eigenvalue weighted by Crippen LogP contribution is 2.25. The number of thiazole rings is 1. The lowest BCUT2D eigenvalue weighted by atomic mass is 10.2. The van der Waals surface area contributed by atoms with Gasteiger partial charge in [0.2, 0.25) is 0 Å². The Labute approximate surface area is 150 Å². The Bertz CT molecular complexity index is 862. The van der Waals surface area contributed by atoms with Crippen LogP contribution in [-0.4, -0.2) is 18.0 Å². The standard InChI is InChI=1S/C19H19N3O2S/c1-13-17(18(23)22-15-9-6-10-16(11-15)24-2)25-19(21-13)20-12-14-7-4-3-5-8-14/h3-11H,12H2,1-2H3,(H,20,21)(H,22,23). The zero-order chi connectivity index (χ0) is 17.6. The molecule has 5 nitrogen and oxygen atoms in total. The lowest BCUT2D eigenvalue weighted by molar-refractivity contribution is 0.103. The van der Waals surface area contributed by atoms with Crippen molar-refractivity contribution < 1.29 is 9.53 Å². The number of hydrogen-bond acceptors (Lipinski definition) is 5. The van der Waals surface area contributed by atoms with Crippen molar-refractivity contribution in [3.05, 3.63) is 70.7 Å². The molecule has 2 aromatic carbocycles. The molecular weight excluding hydrogens is 334 g/mol. The van der Waals surface area contributed by atoms with E-state index in [0.717, 1.165) is 10.7 Å². The van der Waals surface area contributed by atoms with Crippen LogP contribution in [0.5, 0.6) is 5.75 Å². The van der Waals surface area contributed by atoms with E-state index in [1.807, 2.05) is 55.5 Å². The first-order valence-corrected chi connectivity index (χ1v) is 8.68. The molecule has 2 N–H and O–H groups in total. The van der Waals surface area contributed by atoms with Gasteiger partial charge < -0.3 is 15.4 Å². The minimum absolute atomic E-state index is 0.170. The van der Waals surface area contributed by atoms with Crippen LogP contribution in [0.3, 0.4) is 0 Å². The van der Waals surface area contributed by atoms with Crippen molar-refractivity contribution >= 4 is 28.1 Å². The fourth-order valence-electron chi connectivity index (χ4n) is 2.34. The number of aromatic nitrogens is 1. The molecule has 0 aliphatic carbocycles. The minimum atomic E-state index is -0.170. The second kappa shape index (κ2) is 7.81. The highest BCUT2D eigenvalue weighted by Gasteiger charge is 2.15. The van der Waals surface area contributed by atoms with E-state index in [9.17, 15) is 4.79 Å².